The normalized spacial score (nSPS) is 8.93. The Morgan fingerprint density at radius 2 is 1.93 bits per heavy atom. The highest BCUT2D eigenvalue weighted by Gasteiger charge is 1.87. The first kappa shape index (κ1) is 10.9. The van der Waals surface area contributed by atoms with Gasteiger partial charge in [0.1, 0.15) is 0 Å². The molecule has 0 spiro atoms. The molecule has 14 heavy (non-hydrogen) atoms. The summed E-state index contributed by atoms with van der Waals surface area (Å²) in [6.45, 7) is 0.778. The molecule has 1 aromatic carbocycles. The first-order chi connectivity index (χ1) is 6.93. The molecular formula is C12H15BN. The van der Waals surface area contributed by atoms with Crippen molar-refractivity contribution in [2.45, 2.75) is 19.2 Å². The Hall–Kier alpha value is -1.20. The van der Waals surface area contributed by atoms with Crippen molar-refractivity contribution >= 4 is 7.28 Å². The fourth-order valence-electron chi connectivity index (χ4n) is 1.12. The number of hydrogen-bond donors (Lipinski definition) is 1. The average Bonchev–Trinajstić information content (AvgIpc) is 2.25. The van der Waals surface area contributed by atoms with Crippen LogP contribution in [0.25, 0.3) is 0 Å². The van der Waals surface area contributed by atoms with Crippen LogP contribution in [0.4, 0.5) is 0 Å². The molecular weight excluding hydrogens is 169 g/mol. The molecule has 0 aliphatic rings. The van der Waals surface area contributed by atoms with E-state index in [9.17, 15) is 0 Å². The maximum atomic E-state index is 5.38. The van der Waals surface area contributed by atoms with E-state index in [0.717, 1.165) is 31.3 Å². The summed E-state index contributed by atoms with van der Waals surface area (Å²) in [5.74, 6) is 6.13. The maximum absolute atomic E-state index is 5.38. The molecule has 0 saturated carbocycles. The van der Waals surface area contributed by atoms with Gasteiger partial charge in [-0.15, -0.1) is 0 Å². The van der Waals surface area contributed by atoms with Crippen molar-refractivity contribution in [3.05, 3.63) is 35.9 Å². The molecule has 71 valence electrons. The molecule has 0 amide bonds. The number of nitrogens with two attached hydrogens (primary N) is 1. The van der Waals surface area contributed by atoms with Gasteiger partial charge in [0.15, 0.2) is 0 Å². The Kier molecular flexibility index (Phi) is 5.62. The highest BCUT2D eigenvalue weighted by atomic mass is 14.5. The van der Waals surface area contributed by atoms with E-state index in [1.165, 1.54) is 0 Å². The maximum Gasteiger partial charge on any atom is 0.216 e. The molecule has 2 N–H and O–H groups in total. The van der Waals surface area contributed by atoms with E-state index in [1.807, 2.05) is 37.6 Å². The fraction of sp³-hybridized carbons (Fsp3) is 0.333. The Balaban J connectivity index is 2.21. The van der Waals surface area contributed by atoms with Gasteiger partial charge in [-0.1, -0.05) is 36.9 Å². The molecule has 1 aromatic rings. The molecule has 1 nitrogen and oxygen atoms in total. The summed E-state index contributed by atoms with van der Waals surface area (Å²) in [6.07, 6.45) is 3.26. The lowest BCUT2D eigenvalue weighted by Crippen LogP contribution is -1.98. The van der Waals surface area contributed by atoms with Crippen LogP contribution in [0.2, 0.25) is 6.32 Å². The molecule has 2 heteroatoms. The van der Waals surface area contributed by atoms with Crippen molar-refractivity contribution < 1.29 is 0 Å². The summed E-state index contributed by atoms with van der Waals surface area (Å²) in [7, 11) is 2.02. The predicted molar refractivity (Wildman–Crippen MR) is 62.2 cm³/mol. The lowest BCUT2D eigenvalue weighted by Gasteiger charge is -1.91. The van der Waals surface area contributed by atoms with Crippen LogP contribution in [0.1, 0.15) is 18.4 Å². The third kappa shape index (κ3) is 4.74. The van der Waals surface area contributed by atoms with Crippen LogP contribution < -0.4 is 5.73 Å². The summed E-state index contributed by atoms with van der Waals surface area (Å²) in [4.78, 5) is 0. The topological polar surface area (TPSA) is 26.0 Å². The zero-order chi connectivity index (χ0) is 10.1. The second kappa shape index (κ2) is 7.23. The van der Waals surface area contributed by atoms with Crippen LogP contribution in [-0.2, 0) is 0 Å². The van der Waals surface area contributed by atoms with Gasteiger partial charge in [-0.2, -0.15) is 5.82 Å². The van der Waals surface area contributed by atoms with E-state index < -0.39 is 0 Å². The second-order valence-electron chi connectivity index (χ2n) is 3.12. The van der Waals surface area contributed by atoms with Gasteiger partial charge < -0.3 is 5.73 Å². The Bertz CT molecular complexity index is 297. The van der Waals surface area contributed by atoms with E-state index in [4.69, 9.17) is 5.73 Å². The van der Waals surface area contributed by atoms with Gasteiger partial charge >= 0.3 is 0 Å². The lowest BCUT2D eigenvalue weighted by atomic mass is 9.74. The molecule has 0 aromatic heterocycles. The first-order valence-electron chi connectivity index (χ1n) is 5.02. The SMILES string of the molecule is NCCCC[B]C#Cc1ccccc1. The number of hydrogen-bond acceptors (Lipinski definition) is 1. The van der Waals surface area contributed by atoms with E-state index in [0.29, 0.717) is 0 Å². The summed E-state index contributed by atoms with van der Waals surface area (Å²) in [6, 6.07) is 10.0. The first-order valence-corrected chi connectivity index (χ1v) is 5.02. The quantitative estimate of drug-likeness (QED) is 0.431. The second-order valence-corrected chi connectivity index (χ2v) is 3.12. The minimum Gasteiger partial charge on any atom is -0.330 e. The molecule has 1 rings (SSSR count). The predicted octanol–water partition coefficient (Wildman–Crippen LogP) is 1.86. The molecule has 0 aliphatic heterocycles. The highest BCUT2D eigenvalue weighted by molar-refractivity contribution is 6.46. The minimum atomic E-state index is 0.778. The van der Waals surface area contributed by atoms with Gasteiger partial charge in [0.2, 0.25) is 7.28 Å². The van der Waals surface area contributed by atoms with E-state index >= 15 is 0 Å². The van der Waals surface area contributed by atoms with Gasteiger partial charge in [0.05, 0.1) is 0 Å². The summed E-state index contributed by atoms with van der Waals surface area (Å²) in [5, 5.41) is 0. The third-order valence-corrected chi connectivity index (χ3v) is 1.89. The van der Waals surface area contributed by atoms with Crippen molar-refractivity contribution in [1.82, 2.24) is 0 Å². The van der Waals surface area contributed by atoms with Crippen molar-refractivity contribution in [3.8, 4) is 11.7 Å². The molecule has 0 unspecified atom stereocenters. The lowest BCUT2D eigenvalue weighted by molar-refractivity contribution is 0.804. The fourth-order valence-corrected chi connectivity index (χ4v) is 1.12. The standard InChI is InChI=1S/C12H15BN/c14-11-5-4-9-13-10-8-12-6-2-1-3-7-12/h1-3,6-7H,4-5,9,11,14H2. The number of rotatable bonds is 4. The molecule has 0 aliphatic carbocycles. The Morgan fingerprint density at radius 1 is 1.14 bits per heavy atom. The summed E-state index contributed by atoms with van der Waals surface area (Å²) in [5.41, 5.74) is 6.46. The van der Waals surface area contributed by atoms with Crippen molar-refractivity contribution in [3.63, 3.8) is 0 Å². The molecule has 0 bridgehead atoms. The summed E-state index contributed by atoms with van der Waals surface area (Å²) < 4.78 is 0. The largest absolute Gasteiger partial charge is 0.330 e. The average molecular weight is 184 g/mol. The summed E-state index contributed by atoms with van der Waals surface area (Å²) >= 11 is 0. The number of unbranched alkanes of at least 4 members (excludes halogenated alkanes) is 1. The third-order valence-electron chi connectivity index (χ3n) is 1.89. The van der Waals surface area contributed by atoms with Crippen molar-refractivity contribution in [2.75, 3.05) is 6.54 Å². The van der Waals surface area contributed by atoms with Gasteiger partial charge in [-0.05, 0) is 25.1 Å². The van der Waals surface area contributed by atoms with E-state index in [-0.39, 0.29) is 0 Å². The Morgan fingerprint density at radius 3 is 2.64 bits per heavy atom. The van der Waals surface area contributed by atoms with Gasteiger partial charge in [-0.3, -0.25) is 0 Å². The van der Waals surface area contributed by atoms with E-state index in [2.05, 4.69) is 11.7 Å². The molecule has 0 heterocycles. The zero-order valence-corrected chi connectivity index (χ0v) is 8.37. The molecule has 0 fully saturated rings. The van der Waals surface area contributed by atoms with Gasteiger partial charge in [0.25, 0.3) is 0 Å². The number of benzene rings is 1. The van der Waals surface area contributed by atoms with Crippen LogP contribution in [0.5, 0.6) is 0 Å². The highest BCUT2D eigenvalue weighted by Crippen LogP contribution is 1.95. The molecule has 1 radical (unpaired) electrons. The van der Waals surface area contributed by atoms with E-state index in [1.54, 1.807) is 0 Å². The van der Waals surface area contributed by atoms with Gasteiger partial charge in [0, 0.05) is 5.56 Å². The molecule has 0 atom stereocenters. The van der Waals surface area contributed by atoms with Crippen LogP contribution in [0.15, 0.2) is 30.3 Å². The van der Waals surface area contributed by atoms with Crippen LogP contribution in [0.3, 0.4) is 0 Å². The smallest absolute Gasteiger partial charge is 0.216 e. The van der Waals surface area contributed by atoms with Gasteiger partial charge in [-0.25, -0.2) is 0 Å². The van der Waals surface area contributed by atoms with Crippen LogP contribution in [0, 0.1) is 11.7 Å². The zero-order valence-electron chi connectivity index (χ0n) is 8.37. The minimum absolute atomic E-state index is 0.778. The molecule has 0 saturated heterocycles. The monoisotopic (exact) mass is 184 g/mol. The van der Waals surface area contributed by atoms with Crippen molar-refractivity contribution in [1.29, 1.82) is 0 Å². The van der Waals surface area contributed by atoms with Crippen LogP contribution in [-0.4, -0.2) is 13.8 Å². The van der Waals surface area contributed by atoms with Crippen molar-refractivity contribution in [2.24, 2.45) is 5.73 Å². The van der Waals surface area contributed by atoms with Crippen LogP contribution >= 0.6 is 0 Å². The Labute approximate surface area is 86.9 Å².